The van der Waals surface area contributed by atoms with Crippen molar-refractivity contribution in [2.45, 2.75) is 52.9 Å². The number of ether oxygens (including phenoxy) is 2. The van der Waals surface area contributed by atoms with Crippen LogP contribution in [0.4, 0.5) is 0 Å². The van der Waals surface area contributed by atoms with Crippen LogP contribution < -0.4 is 14.8 Å². The summed E-state index contributed by atoms with van der Waals surface area (Å²) in [5.41, 5.74) is 0.498. The maximum Gasteiger partial charge on any atom is 0.257 e. The summed E-state index contributed by atoms with van der Waals surface area (Å²) in [7, 11) is 0. The van der Waals surface area contributed by atoms with Crippen LogP contribution >= 0.6 is 0 Å². The highest BCUT2D eigenvalue weighted by atomic mass is 16.5. The summed E-state index contributed by atoms with van der Waals surface area (Å²) in [6, 6.07) is 6.98. The van der Waals surface area contributed by atoms with Gasteiger partial charge in [-0.1, -0.05) is 39.5 Å². The van der Waals surface area contributed by atoms with E-state index in [1.54, 1.807) is 18.2 Å². The molecule has 0 aliphatic carbocycles. The maximum atomic E-state index is 11.9. The molecular formula is C20H30N2O3. The van der Waals surface area contributed by atoms with E-state index in [4.69, 9.17) is 14.7 Å². The molecule has 0 saturated heterocycles. The van der Waals surface area contributed by atoms with Crippen LogP contribution in [-0.4, -0.2) is 25.7 Å². The van der Waals surface area contributed by atoms with Crippen molar-refractivity contribution in [1.29, 1.82) is 5.26 Å². The molecule has 1 aromatic rings. The van der Waals surface area contributed by atoms with Crippen LogP contribution in [0, 0.1) is 17.2 Å². The highest BCUT2D eigenvalue weighted by Gasteiger charge is 2.09. The predicted molar refractivity (Wildman–Crippen MR) is 98.8 cm³/mol. The summed E-state index contributed by atoms with van der Waals surface area (Å²) in [5, 5.41) is 11.8. The third kappa shape index (κ3) is 8.99. The summed E-state index contributed by atoms with van der Waals surface area (Å²) in [4.78, 5) is 11.9. The van der Waals surface area contributed by atoms with Gasteiger partial charge in [0.1, 0.15) is 0 Å². The van der Waals surface area contributed by atoms with Crippen molar-refractivity contribution < 1.29 is 14.3 Å². The molecule has 0 fully saturated rings. The van der Waals surface area contributed by atoms with Gasteiger partial charge in [-0.05, 0) is 31.4 Å². The Morgan fingerprint density at radius 2 is 1.92 bits per heavy atom. The summed E-state index contributed by atoms with van der Waals surface area (Å²) in [6.07, 6.45) is 5.87. The number of hydrogen-bond donors (Lipinski definition) is 1. The van der Waals surface area contributed by atoms with Crippen molar-refractivity contribution in [1.82, 2.24) is 5.32 Å². The second-order valence-electron chi connectivity index (χ2n) is 6.44. The number of unbranched alkanes of at least 4 members (excludes halogenated alkanes) is 3. The molecule has 0 radical (unpaired) electrons. The van der Waals surface area contributed by atoms with Crippen LogP contribution in [0.2, 0.25) is 0 Å². The topological polar surface area (TPSA) is 71.3 Å². The number of amides is 1. The Kier molecular flexibility index (Phi) is 10.2. The largest absolute Gasteiger partial charge is 0.490 e. The number of nitrogens with one attached hydrogen (secondary N) is 1. The van der Waals surface area contributed by atoms with Gasteiger partial charge in [0.05, 0.1) is 18.2 Å². The molecule has 0 spiro atoms. The first-order valence-electron chi connectivity index (χ1n) is 9.13. The number of benzene rings is 1. The molecule has 0 aliphatic rings. The average molecular weight is 346 g/mol. The summed E-state index contributed by atoms with van der Waals surface area (Å²) in [5.74, 6) is 1.58. The van der Waals surface area contributed by atoms with Gasteiger partial charge in [-0.25, -0.2) is 0 Å². The molecule has 0 heterocycles. The van der Waals surface area contributed by atoms with Crippen molar-refractivity contribution in [3.8, 4) is 17.6 Å². The molecule has 0 bridgehead atoms. The fourth-order valence-corrected chi connectivity index (χ4v) is 2.42. The Hall–Kier alpha value is -2.22. The van der Waals surface area contributed by atoms with E-state index in [2.05, 4.69) is 25.2 Å². The van der Waals surface area contributed by atoms with Crippen molar-refractivity contribution in [3.63, 3.8) is 0 Å². The van der Waals surface area contributed by atoms with Gasteiger partial charge >= 0.3 is 0 Å². The van der Waals surface area contributed by atoms with Gasteiger partial charge < -0.3 is 14.8 Å². The van der Waals surface area contributed by atoms with E-state index in [-0.39, 0.29) is 12.5 Å². The van der Waals surface area contributed by atoms with E-state index in [0.717, 1.165) is 18.8 Å². The zero-order valence-corrected chi connectivity index (χ0v) is 15.6. The first-order valence-corrected chi connectivity index (χ1v) is 9.13. The van der Waals surface area contributed by atoms with E-state index in [1.807, 2.05) is 6.92 Å². The molecule has 5 nitrogen and oxygen atoms in total. The summed E-state index contributed by atoms with van der Waals surface area (Å²) >= 11 is 0. The molecule has 1 rings (SSSR count). The van der Waals surface area contributed by atoms with Gasteiger partial charge in [-0.15, -0.1) is 0 Å². The summed E-state index contributed by atoms with van der Waals surface area (Å²) in [6.45, 7) is 7.43. The number of nitriles is 1. The minimum atomic E-state index is -0.144. The van der Waals surface area contributed by atoms with E-state index >= 15 is 0 Å². The van der Waals surface area contributed by atoms with Gasteiger partial charge in [0.15, 0.2) is 18.1 Å². The fraction of sp³-hybridized carbons (Fsp3) is 0.600. The Balaban J connectivity index is 2.26. The Morgan fingerprint density at radius 1 is 1.16 bits per heavy atom. The van der Waals surface area contributed by atoms with Crippen molar-refractivity contribution in [2.24, 2.45) is 5.92 Å². The van der Waals surface area contributed by atoms with Gasteiger partial charge in [0.25, 0.3) is 5.91 Å². The molecule has 1 N–H and O–H groups in total. The van der Waals surface area contributed by atoms with E-state index < -0.39 is 0 Å². The van der Waals surface area contributed by atoms with Gasteiger partial charge in [0.2, 0.25) is 0 Å². The Labute approximate surface area is 151 Å². The molecule has 25 heavy (non-hydrogen) atoms. The van der Waals surface area contributed by atoms with Crippen molar-refractivity contribution in [2.75, 3.05) is 19.8 Å². The van der Waals surface area contributed by atoms with Gasteiger partial charge in [0, 0.05) is 12.6 Å². The highest BCUT2D eigenvalue weighted by molar-refractivity contribution is 5.77. The molecule has 1 aromatic carbocycles. The summed E-state index contributed by atoms with van der Waals surface area (Å²) < 4.78 is 11.0. The molecule has 138 valence electrons. The SMILES string of the molecule is CCOc1cc(C#N)ccc1OCC(=O)NCCCCCCC(C)C. The molecule has 0 saturated carbocycles. The number of carbonyl (C=O) groups excluding carboxylic acids is 1. The number of carbonyl (C=O) groups is 1. The molecular weight excluding hydrogens is 316 g/mol. The Bertz CT molecular complexity index is 565. The van der Waals surface area contributed by atoms with Gasteiger partial charge in [-0.2, -0.15) is 5.26 Å². The molecule has 5 heteroatoms. The second-order valence-corrected chi connectivity index (χ2v) is 6.44. The molecule has 0 unspecified atom stereocenters. The average Bonchev–Trinajstić information content (AvgIpc) is 2.59. The zero-order valence-electron chi connectivity index (χ0n) is 15.6. The van der Waals surface area contributed by atoms with Crippen molar-refractivity contribution >= 4 is 5.91 Å². The number of hydrogen-bond acceptors (Lipinski definition) is 4. The normalized spacial score (nSPS) is 10.4. The van der Waals surface area contributed by atoms with Crippen LogP contribution in [-0.2, 0) is 4.79 Å². The standard InChI is InChI=1S/C20H30N2O3/c1-4-24-19-13-17(14-21)10-11-18(19)25-15-20(23)22-12-8-6-5-7-9-16(2)3/h10-11,13,16H,4-9,12,15H2,1-3H3,(H,22,23). The van der Waals surface area contributed by atoms with Crippen LogP contribution in [0.15, 0.2) is 18.2 Å². The van der Waals surface area contributed by atoms with Crippen LogP contribution in [0.1, 0.15) is 58.4 Å². The number of nitrogens with zero attached hydrogens (tertiary/aromatic N) is 1. The Morgan fingerprint density at radius 3 is 2.60 bits per heavy atom. The lowest BCUT2D eigenvalue weighted by molar-refractivity contribution is -0.123. The third-order valence-corrected chi connectivity index (χ3v) is 3.76. The smallest absolute Gasteiger partial charge is 0.257 e. The minimum Gasteiger partial charge on any atom is -0.490 e. The van der Waals surface area contributed by atoms with E-state index in [9.17, 15) is 4.79 Å². The number of rotatable bonds is 12. The van der Waals surface area contributed by atoms with Crippen LogP contribution in [0.5, 0.6) is 11.5 Å². The first-order chi connectivity index (χ1) is 12.1. The van der Waals surface area contributed by atoms with E-state index in [0.29, 0.717) is 30.2 Å². The van der Waals surface area contributed by atoms with Crippen LogP contribution in [0.25, 0.3) is 0 Å². The fourth-order valence-electron chi connectivity index (χ4n) is 2.42. The lowest BCUT2D eigenvalue weighted by atomic mass is 10.0. The zero-order chi connectivity index (χ0) is 18.5. The lowest BCUT2D eigenvalue weighted by Gasteiger charge is -2.12. The van der Waals surface area contributed by atoms with Gasteiger partial charge in [-0.3, -0.25) is 4.79 Å². The van der Waals surface area contributed by atoms with Crippen molar-refractivity contribution in [3.05, 3.63) is 23.8 Å². The predicted octanol–water partition coefficient (Wildman–Crippen LogP) is 4.06. The first kappa shape index (κ1) is 20.8. The second kappa shape index (κ2) is 12.2. The molecule has 0 aliphatic heterocycles. The van der Waals surface area contributed by atoms with Crippen LogP contribution in [0.3, 0.4) is 0 Å². The molecule has 0 aromatic heterocycles. The van der Waals surface area contributed by atoms with E-state index in [1.165, 1.54) is 19.3 Å². The maximum absolute atomic E-state index is 11.9. The molecule has 0 atom stereocenters. The quantitative estimate of drug-likeness (QED) is 0.579. The monoisotopic (exact) mass is 346 g/mol. The lowest BCUT2D eigenvalue weighted by Crippen LogP contribution is -2.29. The molecule has 1 amide bonds. The third-order valence-electron chi connectivity index (χ3n) is 3.76. The highest BCUT2D eigenvalue weighted by Crippen LogP contribution is 2.28. The minimum absolute atomic E-state index is 0.0562.